The van der Waals surface area contributed by atoms with E-state index in [2.05, 4.69) is 34.6 Å². The molecule has 0 aromatic heterocycles. The number of rotatable bonds is 31. The molecule has 2 heteroatoms. The van der Waals surface area contributed by atoms with Crippen LogP contribution in [0, 0.1) is 5.41 Å². The first-order valence-corrected chi connectivity index (χ1v) is 18.4. The predicted octanol–water partition coefficient (Wildman–Crippen LogP) is 14.9. The lowest BCUT2D eigenvalue weighted by atomic mass is 9.73. The Hall–Kier alpha value is 0.250. The van der Waals surface area contributed by atoms with E-state index in [1.54, 1.807) is 0 Å². The Balaban J connectivity index is 0. The van der Waals surface area contributed by atoms with Crippen molar-refractivity contribution in [3.8, 4) is 0 Å². The van der Waals surface area contributed by atoms with E-state index in [0.717, 1.165) is 0 Å². The van der Waals surface area contributed by atoms with Crippen LogP contribution in [-0.2, 0) is 0 Å². The summed E-state index contributed by atoms with van der Waals surface area (Å²) >= 11 is 7.14. The molecule has 0 fully saturated rings. The summed E-state index contributed by atoms with van der Waals surface area (Å²) in [6, 6.07) is 0. The van der Waals surface area contributed by atoms with Crippen LogP contribution in [0.5, 0.6) is 0 Å². The van der Waals surface area contributed by atoms with E-state index >= 15 is 0 Å². The molecule has 0 amide bonds. The van der Waals surface area contributed by atoms with Gasteiger partial charge in [-0.05, 0) is 25.2 Å². The first-order valence-electron chi connectivity index (χ1n) is 18.1. The van der Waals surface area contributed by atoms with Crippen molar-refractivity contribution in [2.75, 3.05) is 0 Å². The summed E-state index contributed by atoms with van der Waals surface area (Å²) < 4.78 is 0. The van der Waals surface area contributed by atoms with E-state index in [-0.39, 0.29) is 16.4 Å². The maximum atomic E-state index is 7.14. The van der Waals surface area contributed by atoms with Gasteiger partial charge in [0, 0.05) is 4.87 Å². The van der Waals surface area contributed by atoms with E-state index in [4.69, 9.17) is 11.6 Å². The van der Waals surface area contributed by atoms with Gasteiger partial charge in [-0.1, -0.05) is 207 Å². The molecule has 0 aliphatic rings. The van der Waals surface area contributed by atoms with E-state index in [1.165, 1.54) is 193 Å². The van der Waals surface area contributed by atoms with E-state index < -0.39 is 0 Å². The van der Waals surface area contributed by atoms with Crippen molar-refractivity contribution in [3.05, 3.63) is 0 Å². The molecule has 0 saturated carbocycles. The van der Waals surface area contributed by atoms with Crippen molar-refractivity contribution in [1.29, 1.82) is 0 Å². The first-order chi connectivity index (χ1) is 18.4. The van der Waals surface area contributed by atoms with Crippen molar-refractivity contribution in [2.45, 2.75) is 232 Å². The fourth-order valence-corrected chi connectivity index (χ4v) is 6.24. The van der Waals surface area contributed by atoms with Crippen molar-refractivity contribution in [1.82, 2.24) is 6.15 Å². The van der Waals surface area contributed by atoms with Gasteiger partial charge in [-0.15, -0.1) is 11.6 Å². The molecule has 0 radical (unpaired) electrons. The second kappa shape index (κ2) is 29.7. The molecule has 0 aromatic carbocycles. The Kier molecular flexibility index (Phi) is 31.6. The number of alkyl halides is 1. The standard InChI is InChI=1S/C37H75Cl.H3N/c1-6-8-10-12-14-16-18-20-22-24-26-28-30-32-34-36(3,4)37(5,38)35-33-31-29-27-25-23-21-19-17-15-13-11-9-7-2;/h6-35H2,1-5H3;1H3. The molecule has 0 aromatic rings. The van der Waals surface area contributed by atoms with Gasteiger partial charge in [0.15, 0.2) is 0 Å². The Morgan fingerprint density at radius 1 is 0.333 bits per heavy atom. The molecule has 1 unspecified atom stereocenters. The summed E-state index contributed by atoms with van der Waals surface area (Å²) in [4.78, 5) is -0.0549. The zero-order chi connectivity index (χ0) is 28.2. The number of hydrogen-bond donors (Lipinski definition) is 1. The molecular weight excluding hydrogens is 494 g/mol. The summed E-state index contributed by atoms with van der Waals surface area (Å²) in [6.45, 7) is 11.8. The molecule has 0 saturated heterocycles. The van der Waals surface area contributed by atoms with Gasteiger partial charge in [0.25, 0.3) is 0 Å². The van der Waals surface area contributed by atoms with Crippen LogP contribution in [0.1, 0.15) is 227 Å². The Bertz CT molecular complexity index is 416. The SMILES string of the molecule is CCCCCCCCCCCCCCCCC(C)(C)C(C)(Cl)CCCCCCCCCCCCCCCC.N. The quantitative estimate of drug-likeness (QED) is 0.0651. The van der Waals surface area contributed by atoms with Crippen LogP contribution < -0.4 is 6.15 Å². The van der Waals surface area contributed by atoms with Gasteiger partial charge in [0.2, 0.25) is 0 Å². The molecule has 0 bridgehead atoms. The minimum absolute atomic E-state index is 0. The highest BCUT2D eigenvalue weighted by Gasteiger charge is 2.38. The third-order valence-corrected chi connectivity index (χ3v) is 10.3. The van der Waals surface area contributed by atoms with Crippen LogP contribution in [0.15, 0.2) is 0 Å². The lowest BCUT2D eigenvalue weighted by molar-refractivity contribution is 0.214. The van der Waals surface area contributed by atoms with Crippen LogP contribution in [0.25, 0.3) is 0 Å². The van der Waals surface area contributed by atoms with Crippen molar-refractivity contribution in [2.24, 2.45) is 5.41 Å². The van der Waals surface area contributed by atoms with Crippen LogP contribution in [-0.4, -0.2) is 4.87 Å². The van der Waals surface area contributed by atoms with Crippen LogP contribution in [0.3, 0.4) is 0 Å². The average molecular weight is 572 g/mol. The fraction of sp³-hybridized carbons (Fsp3) is 1.00. The fourth-order valence-electron chi connectivity index (χ4n) is 6.01. The van der Waals surface area contributed by atoms with Gasteiger partial charge in [-0.2, -0.15) is 0 Å². The van der Waals surface area contributed by atoms with Gasteiger partial charge in [0.05, 0.1) is 0 Å². The average Bonchev–Trinajstić information content (AvgIpc) is 2.89. The molecule has 3 N–H and O–H groups in total. The molecule has 1 nitrogen and oxygen atoms in total. The number of halogens is 1. The lowest BCUT2D eigenvalue weighted by Crippen LogP contribution is -2.36. The molecule has 39 heavy (non-hydrogen) atoms. The second-order valence-electron chi connectivity index (χ2n) is 13.8. The van der Waals surface area contributed by atoms with Crippen molar-refractivity contribution < 1.29 is 0 Å². The summed E-state index contributed by atoms with van der Waals surface area (Å²) in [5.74, 6) is 0. The van der Waals surface area contributed by atoms with E-state index in [9.17, 15) is 0 Å². The van der Waals surface area contributed by atoms with Gasteiger partial charge < -0.3 is 6.15 Å². The molecule has 238 valence electrons. The van der Waals surface area contributed by atoms with E-state index in [1.807, 2.05) is 0 Å². The van der Waals surface area contributed by atoms with Crippen molar-refractivity contribution in [3.63, 3.8) is 0 Å². The Labute approximate surface area is 254 Å². The summed E-state index contributed by atoms with van der Waals surface area (Å²) in [5.41, 5.74) is 0.238. The smallest absolute Gasteiger partial charge is 0.0469 e. The van der Waals surface area contributed by atoms with Crippen LogP contribution in [0.2, 0.25) is 0 Å². The monoisotopic (exact) mass is 572 g/mol. The van der Waals surface area contributed by atoms with Crippen molar-refractivity contribution >= 4 is 11.6 Å². The first kappa shape index (κ1) is 41.4. The van der Waals surface area contributed by atoms with Crippen LogP contribution >= 0.6 is 11.6 Å². The highest BCUT2D eigenvalue weighted by atomic mass is 35.5. The molecule has 0 spiro atoms. The molecular formula is C37H78ClN. The molecule has 0 aliphatic carbocycles. The number of hydrogen-bond acceptors (Lipinski definition) is 1. The van der Waals surface area contributed by atoms with Gasteiger partial charge in [-0.3, -0.25) is 0 Å². The third kappa shape index (κ3) is 26.9. The van der Waals surface area contributed by atoms with Gasteiger partial charge in [0.1, 0.15) is 0 Å². The molecule has 1 atom stereocenters. The predicted molar refractivity (Wildman–Crippen MR) is 183 cm³/mol. The minimum atomic E-state index is -0.0549. The largest absolute Gasteiger partial charge is 0.344 e. The maximum absolute atomic E-state index is 7.14. The zero-order valence-electron chi connectivity index (χ0n) is 28.3. The zero-order valence-corrected chi connectivity index (χ0v) is 29.1. The molecule has 0 rings (SSSR count). The highest BCUT2D eigenvalue weighted by molar-refractivity contribution is 6.24. The molecule has 0 heterocycles. The van der Waals surface area contributed by atoms with Crippen LogP contribution in [0.4, 0.5) is 0 Å². The van der Waals surface area contributed by atoms with Gasteiger partial charge in [-0.25, -0.2) is 0 Å². The topological polar surface area (TPSA) is 35.0 Å². The second-order valence-corrected chi connectivity index (χ2v) is 14.6. The Morgan fingerprint density at radius 2 is 0.538 bits per heavy atom. The Morgan fingerprint density at radius 3 is 0.795 bits per heavy atom. The minimum Gasteiger partial charge on any atom is -0.344 e. The third-order valence-electron chi connectivity index (χ3n) is 9.57. The summed E-state index contributed by atoms with van der Waals surface area (Å²) in [5, 5.41) is 0. The normalized spacial score (nSPS) is 13.4. The number of unbranched alkanes of at least 4 members (excludes halogenated alkanes) is 26. The lowest BCUT2D eigenvalue weighted by Gasteiger charge is -2.40. The summed E-state index contributed by atoms with van der Waals surface area (Å²) in [7, 11) is 0. The maximum Gasteiger partial charge on any atom is 0.0469 e. The molecule has 0 aliphatic heterocycles. The summed E-state index contributed by atoms with van der Waals surface area (Å²) in [6.07, 6.45) is 42.5. The van der Waals surface area contributed by atoms with Gasteiger partial charge >= 0.3 is 0 Å². The highest BCUT2D eigenvalue weighted by Crippen LogP contribution is 2.44. The van der Waals surface area contributed by atoms with E-state index in [0.29, 0.717) is 0 Å².